The van der Waals surface area contributed by atoms with Crippen molar-refractivity contribution in [2.45, 2.75) is 30.2 Å². The Hall–Kier alpha value is -2.39. The number of hydrogen-bond donors (Lipinski definition) is 3. The maximum atomic E-state index is 12.2. The Labute approximate surface area is 142 Å². The molecule has 0 spiro atoms. The fourth-order valence-electron chi connectivity index (χ4n) is 1.73. The number of amides is 1. The summed E-state index contributed by atoms with van der Waals surface area (Å²) in [6.07, 6.45) is 1.56. The van der Waals surface area contributed by atoms with Gasteiger partial charge in [-0.1, -0.05) is 16.9 Å². The smallest absolute Gasteiger partial charge is 0.337 e. The van der Waals surface area contributed by atoms with Crippen molar-refractivity contribution >= 4 is 23.6 Å². The lowest BCUT2D eigenvalue weighted by molar-refractivity contribution is -0.155. The lowest BCUT2D eigenvalue weighted by atomic mass is 10.1. The Morgan fingerprint density at radius 1 is 1.46 bits per heavy atom. The molecule has 0 saturated carbocycles. The second-order valence-corrected chi connectivity index (χ2v) is 6.30. The quantitative estimate of drug-likeness (QED) is 0.636. The molecule has 0 radical (unpaired) electrons. The summed E-state index contributed by atoms with van der Waals surface area (Å²) < 4.78 is 4.98. The van der Waals surface area contributed by atoms with Crippen molar-refractivity contribution in [3.8, 4) is 0 Å². The number of carbonyl (C=O) groups excluding carboxylic acids is 1. The maximum absolute atomic E-state index is 12.2. The summed E-state index contributed by atoms with van der Waals surface area (Å²) in [5, 5.41) is 25.3. The first kappa shape index (κ1) is 18.0. The van der Waals surface area contributed by atoms with E-state index in [0.717, 1.165) is 12.6 Å². The zero-order valence-corrected chi connectivity index (χ0v) is 14.0. The van der Waals surface area contributed by atoms with E-state index in [-0.39, 0.29) is 0 Å². The lowest BCUT2D eigenvalue weighted by Gasteiger charge is -2.18. The van der Waals surface area contributed by atoms with Crippen LogP contribution in [0.25, 0.3) is 0 Å². The molecule has 128 valence electrons. The molecule has 8 nitrogen and oxygen atoms in total. The molecule has 2 aromatic rings. The number of thioether (sulfide) groups is 1. The summed E-state index contributed by atoms with van der Waals surface area (Å²) >= 11 is 1.31. The summed E-state index contributed by atoms with van der Waals surface area (Å²) in [5.74, 6) is -0.754. The number of rotatable bonds is 7. The molecule has 1 amide bonds. The largest absolute Gasteiger partial charge is 0.479 e. The van der Waals surface area contributed by atoms with Crippen molar-refractivity contribution in [1.29, 1.82) is 0 Å². The summed E-state index contributed by atoms with van der Waals surface area (Å²) in [5.41, 5.74) is -1.02. The van der Waals surface area contributed by atoms with Crippen LogP contribution in [0, 0.1) is 6.92 Å². The Morgan fingerprint density at radius 3 is 2.83 bits per heavy atom. The number of nitrogens with zero attached hydrogens (tertiary/aromatic N) is 2. The number of pyridine rings is 1. The first-order valence-electron chi connectivity index (χ1n) is 7.03. The minimum Gasteiger partial charge on any atom is -0.479 e. The van der Waals surface area contributed by atoms with Crippen molar-refractivity contribution in [2.75, 3.05) is 6.54 Å². The highest BCUT2D eigenvalue weighted by Crippen LogP contribution is 2.24. The third-order valence-corrected chi connectivity index (χ3v) is 4.14. The highest BCUT2D eigenvalue weighted by atomic mass is 32.2. The molecule has 3 N–H and O–H groups in total. The van der Waals surface area contributed by atoms with Crippen LogP contribution in [0.1, 0.15) is 28.7 Å². The van der Waals surface area contributed by atoms with Crippen LogP contribution in [0.4, 0.5) is 0 Å². The summed E-state index contributed by atoms with van der Waals surface area (Å²) in [6, 6.07) is 4.97. The molecular formula is C15H17N3O5S. The van der Waals surface area contributed by atoms with E-state index in [9.17, 15) is 14.7 Å². The molecule has 1 unspecified atom stereocenters. The number of aliphatic carboxylic acids is 1. The van der Waals surface area contributed by atoms with E-state index in [0.29, 0.717) is 22.1 Å². The molecule has 2 rings (SSSR count). The van der Waals surface area contributed by atoms with Crippen LogP contribution in [-0.4, -0.2) is 44.4 Å². The van der Waals surface area contributed by atoms with E-state index < -0.39 is 24.0 Å². The Balaban J connectivity index is 2.04. The topological polar surface area (TPSA) is 126 Å². The van der Waals surface area contributed by atoms with Gasteiger partial charge in [0, 0.05) is 18.0 Å². The molecule has 0 saturated heterocycles. The molecule has 9 heteroatoms. The number of nitrogens with one attached hydrogen (secondary N) is 1. The highest BCUT2D eigenvalue weighted by molar-refractivity contribution is 7.98. The van der Waals surface area contributed by atoms with Crippen molar-refractivity contribution in [3.63, 3.8) is 0 Å². The minimum atomic E-state index is -2.04. The zero-order valence-electron chi connectivity index (χ0n) is 13.1. The number of carbonyl (C=O) groups is 2. The molecule has 0 fully saturated rings. The van der Waals surface area contributed by atoms with Crippen LogP contribution in [-0.2, 0) is 10.5 Å². The summed E-state index contributed by atoms with van der Waals surface area (Å²) in [7, 11) is 0. The van der Waals surface area contributed by atoms with Gasteiger partial charge in [0.15, 0.2) is 5.60 Å². The van der Waals surface area contributed by atoms with E-state index in [2.05, 4.69) is 15.5 Å². The molecular weight excluding hydrogens is 334 g/mol. The molecule has 1 atom stereocenters. The second-order valence-electron chi connectivity index (χ2n) is 5.34. The first-order chi connectivity index (χ1) is 11.3. The SMILES string of the molecule is Cc1cc(CSc2ncccc2C(=O)NCC(C)(O)C(=O)O)no1. The lowest BCUT2D eigenvalue weighted by Crippen LogP contribution is -2.46. The van der Waals surface area contributed by atoms with Crippen molar-refractivity contribution in [2.24, 2.45) is 0 Å². The number of carboxylic acids is 1. The highest BCUT2D eigenvalue weighted by Gasteiger charge is 2.30. The monoisotopic (exact) mass is 351 g/mol. The third-order valence-electron chi connectivity index (χ3n) is 3.10. The maximum Gasteiger partial charge on any atom is 0.337 e. The second kappa shape index (κ2) is 7.45. The Bertz CT molecular complexity index is 744. The molecule has 0 aromatic carbocycles. The van der Waals surface area contributed by atoms with Gasteiger partial charge in [0.05, 0.1) is 17.8 Å². The van der Waals surface area contributed by atoms with E-state index in [1.807, 2.05) is 0 Å². The van der Waals surface area contributed by atoms with Crippen LogP contribution in [0.2, 0.25) is 0 Å². The number of carboxylic acid groups (broad SMARTS) is 1. The van der Waals surface area contributed by atoms with Gasteiger partial charge in [-0.3, -0.25) is 4.79 Å². The van der Waals surface area contributed by atoms with Crippen molar-refractivity contribution < 1.29 is 24.3 Å². The molecule has 0 aliphatic carbocycles. The molecule has 2 aromatic heterocycles. The summed E-state index contributed by atoms with van der Waals surface area (Å²) in [6.45, 7) is 2.49. The van der Waals surface area contributed by atoms with Gasteiger partial charge in [0.25, 0.3) is 5.91 Å². The van der Waals surface area contributed by atoms with Crippen LogP contribution >= 0.6 is 11.8 Å². The predicted octanol–water partition coefficient (Wildman–Crippen LogP) is 1.24. The Morgan fingerprint density at radius 2 is 2.21 bits per heavy atom. The fourth-order valence-corrected chi connectivity index (χ4v) is 2.60. The van der Waals surface area contributed by atoms with Gasteiger partial charge in [0.1, 0.15) is 10.8 Å². The number of aryl methyl sites for hydroxylation is 1. The normalized spacial score (nSPS) is 13.3. The van der Waals surface area contributed by atoms with Crippen LogP contribution in [0.5, 0.6) is 0 Å². The van der Waals surface area contributed by atoms with Crippen molar-refractivity contribution in [3.05, 3.63) is 41.4 Å². The van der Waals surface area contributed by atoms with Crippen LogP contribution in [0.3, 0.4) is 0 Å². The molecule has 0 aliphatic rings. The van der Waals surface area contributed by atoms with Gasteiger partial charge in [-0.25, -0.2) is 9.78 Å². The van der Waals surface area contributed by atoms with Gasteiger partial charge in [-0.2, -0.15) is 0 Å². The zero-order chi connectivity index (χ0) is 17.7. The number of aromatic nitrogens is 2. The number of hydrogen-bond acceptors (Lipinski definition) is 7. The van der Waals surface area contributed by atoms with Crippen molar-refractivity contribution in [1.82, 2.24) is 15.5 Å². The average Bonchev–Trinajstić information content (AvgIpc) is 2.96. The van der Waals surface area contributed by atoms with E-state index in [4.69, 9.17) is 9.63 Å². The van der Waals surface area contributed by atoms with E-state index in [1.165, 1.54) is 11.8 Å². The van der Waals surface area contributed by atoms with E-state index >= 15 is 0 Å². The van der Waals surface area contributed by atoms with E-state index in [1.54, 1.807) is 31.3 Å². The molecule has 2 heterocycles. The third kappa shape index (κ3) is 4.56. The summed E-state index contributed by atoms with van der Waals surface area (Å²) in [4.78, 5) is 27.3. The Kier molecular flexibility index (Phi) is 5.58. The average molecular weight is 351 g/mol. The van der Waals surface area contributed by atoms with Crippen LogP contribution < -0.4 is 5.32 Å². The van der Waals surface area contributed by atoms with Gasteiger partial charge in [0.2, 0.25) is 0 Å². The molecule has 24 heavy (non-hydrogen) atoms. The number of aliphatic hydroxyl groups is 1. The standard InChI is InChI=1S/C15H17N3O5S/c1-9-6-10(18-23-9)7-24-13-11(4-3-5-16-13)12(19)17-8-15(2,22)14(20)21/h3-6,22H,7-8H2,1-2H3,(H,17,19)(H,20,21). The van der Waals surface area contributed by atoms with Gasteiger partial charge < -0.3 is 20.1 Å². The fraction of sp³-hybridized carbons (Fsp3) is 0.333. The van der Waals surface area contributed by atoms with Gasteiger partial charge in [-0.05, 0) is 26.0 Å². The van der Waals surface area contributed by atoms with Gasteiger partial charge >= 0.3 is 5.97 Å². The first-order valence-corrected chi connectivity index (χ1v) is 8.02. The minimum absolute atomic E-state index is 0.295. The predicted molar refractivity (Wildman–Crippen MR) is 85.6 cm³/mol. The van der Waals surface area contributed by atoms with Crippen LogP contribution in [0.15, 0.2) is 33.9 Å². The van der Waals surface area contributed by atoms with Gasteiger partial charge in [-0.15, -0.1) is 0 Å². The molecule has 0 bridgehead atoms. The molecule has 0 aliphatic heterocycles.